The summed E-state index contributed by atoms with van der Waals surface area (Å²) in [5.41, 5.74) is 6.19. The van der Waals surface area contributed by atoms with Gasteiger partial charge in [0.1, 0.15) is 24.3 Å². The molecular weight excluding hydrogens is 793 g/mol. The SMILES string of the molecule is N#Cc1cc2c(cc1C#N)C(=O)C(=Cc1cc3c(s1)-c1sc4c(c1C31CCCCC1)C1(CCCCC1)c1cc(C=C3C(=O)c5cc(C#N)c(C#N)cc5C3=O)sc1-4)C2=O. The molecule has 3 heterocycles. The van der Waals surface area contributed by atoms with Crippen LogP contribution in [0.15, 0.2) is 47.5 Å². The van der Waals surface area contributed by atoms with Crippen LogP contribution in [0.25, 0.3) is 31.7 Å². The van der Waals surface area contributed by atoms with Crippen molar-refractivity contribution in [2.24, 2.45) is 0 Å². The maximum atomic E-state index is 13.6. The summed E-state index contributed by atoms with van der Waals surface area (Å²) in [5.74, 6) is -1.72. The lowest BCUT2D eigenvalue weighted by molar-refractivity contribution is 0.0975. The van der Waals surface area contributed by atoms with Crippen molar-refractivity contribution in [1.82, 2.24) is 0 Å². The number of carbonyl (C=O) groups is 4. The third-order valence-electron chi connectivity index (χ3n) is 13.6. The number of carbonyl (C=O) groups excluding carboxylic acids is 4. The first-order valence-electron chi connectivity index (χ1n) is 19.7. The molecule has 59 heavy (non-hydrogen) atoms. The highest BCUT2D eigenvalue weighted by Crippen LogP contribution is 2.70. The number of hydrogen-bond donors (Lipinski definition) is 0. The van der Waals surface area contributed by atoms with Gasteiger partial charge in [0.25, 0.3) is 0 Å². The second-order valence-electron chi connectivity index (χ2n) is 16.3. The molecule has 0 amide bonds. The van der Waals surface area contributed by atoms with Crippen LogP contribution in [0.4, 0.5) is 0 Å². The molecule has 8 nitrogen and oxygen atoms in total. The van der Waals surface area contributed by atoms with E-state index in [9.17, 15) is 40.2 Å². The van der Waals surface area contributed by atoms with E-state index in [0.29, 0.717) is 0 Å². The molecule has 5 aromatic rings. The minimum Gasteiger partial charge on any atom is -0.288 e. The number of nitrogens with zero attached hydrogens (tertiary/aromatic N) is 4. The molecule has 0 saturated heterocycles. The monoisotopic (exact) mass is 820 g/mol. The minimum atomic E-state index is -0.429. The van der Waals surface area contributed by atoms with Crippen LogP contribution in [0, 0.1) is 45.3 Å². The minimum absolute atomic E-state index is 0.0508. The lowest BCUT2D eigenvalue weighted by Gasteiger charge is -2.41. The number of rotatable bonds is 2. The Kier molecular flexibility index (Phi) is 7.63. The Labute approximate surface area is 350 Å². The molecule has 0 aliphatic heterocycles. The van der Waals surface area contributed by atoms with Gasteiger partial charge in [-0.3, -0.25) is 19.2 Å². The Morgan fingerprint density at radius 3 is 1.07 bits per heavy atom. The number of Topliss-reactive ketones (excluding diaryl/α,β-unsaturated/α-hetero) is 4. The van der Waals surface area contributed by atoms with Crippen LogP contribution in [0.1, 0.15) is 160 Å². The topological polar surface area (TPSA) is 163 Å². The van der Waals surface area contributed by atoms with Crippen LogP contribution >= 0.6 is 34.0 Å². The van der Waals surface area contributed by atoms with E-state index >= 15 is 0 Å². The maximum absolute atomic E-state index is 13.6. The number of benzene rings is 2. The molecule has 0 atom stereocenters. The predicted octanol–water partition coefficient (Wildman–Crippen LogP) is 10.7. The Morgan fingerprint density at radius 2 is 0.763 bits per heavy atom. The van der Waals surface area contributed by atoms with Gasteiger partial charge in [-0.1, -0.05) is 38.5 Å². The summed E-state index contributed by atoms with van der Waals surface area (Å²) in [5, 5.41) is 38.3. The first-order valence-corrected chi connectivity index (χ1v) is 22.2. The molecular formula is C48H28N4O4S3. The zero-order chi connectivity index (χ0) is 40.5. The quantitative estimate of drug-likeness (QED) is 0.125. The molecule has 0 N–H and O–H groups in total. The van der Waals surface area contributed by atoms with Crippen LogP contribution in [-0.2, 0) is 10.8 Å². The van der Waals surface area contributed by atoms with Gasteiger partial charge in [0.05, 0.1) is 33.4 Å². The predicted molar refractivity (Wildman–Crippen MR) is 224 cm³/mol. The van der Waals surface area contributed by atoms with Gasteiger partial charge in [0.15, 0.2) is 23.1 Å². The number of allylic oxidation sites excluding steroid dienone is 2. The smallest absolute Gasteiger partial charge is 0.197 e. The van der Waals surface area contributed by atoms with Crippen molar-refractivity contribution in [2.75, 3.05) is 0 Å². The molecule has 2 saturated carbocycles. The molecule has 282 valence electrons. The molecule has 0 radical (unpaired) electrons. The van der Waals surface area contributed by atoms with Gasteiger partial charge in [0.2, 0.25) is 0 Å². The number of hydrogen-bond acceptors (Lipinski definition) is 11. The van der Waals surface area contributed by atoms with E-state index in [1.807, 2.05) is 35.6 Å². The van der Waals surface area contributed by atoms with Crippen LogP contribution in [0.5, 0.6) is 0 Å². The number of nitriles is 4. The summed E-state index contributed by atoms with van der Waals surface area (Å²) in [4.78, 5) is 61.2. The number of ketones is 4. The van der Waals surface area contributed by atoms with Gasteiger partial charge in [-0.05, 0) is 96.5 Å². The summed E-state index contributed by atoms with van der Waals surface area (Å²) in [7, 11) is 0. The summed E-state index contributed by atoms with van der Waals surface area (Å²) in [6.07, 6.45) is 14.2. The Morgan fingerprint density at radius 1 is 0.441 bits per heavy atom. The van der Waals surface area contributed by atoms with Crippen molar-refractivity contribution in [3.05, 3.63) is 124 Å². The van der Waals surface area contributed by atoms with Gasteiger partial charge in [-0.25, -0.2) is 0 Å². The molecule has 2 spiro atoms. The van der Waals surface area contributed by atoms with Crippen molar-refractivity contribution >= 4 is 69.3 Å². The molecule has 0 unspecified atom stereocenters. The van der Waals surface area contributed by atoms with Gasteiger partial charge >= 0.3 is 0 Å². The zero-order valence-corrected chi connectivity index (χ0v) is 33.8. The molecule has 6 aliphatic rings. The van der Waals surface area contributed by atoms with E-state index in [2.05, 4.69) is 12.1 Å². The largest absolute Gasteiger partial charge is 0.288 e. The van der Waals surface area contributed by atoms with Crippen LogP contribution in [0.2, 0.25) is 0 Å². The van der Waals surface area contributed by atoms with E-state index in [-0.39, 0.29) is 66.5 Å². The first-order chi connectivity index (χ1) is 28.7. The molecule has 3 aromatic heterocycles. The van der Waals surface area contributed by atoms with Gasteiger partial charge in [-0.15, -0.1) is 34.0 Å². The van der Waals surface area contributed by atoms with E-state index in [1.54, 1.807) is 34.8 Å². The zero-order valence-electron chi connectivity index (χ0n) is 31.3. The summed E-state index contributed by atoms with van der Waals surface area (Å²) < 4.78 is 0. The molecule has 2 fully saturated rings. The highest BCUT2D eigenvalue weighted by atomic mass is 32.1. The lowest BCUT2D eigenvalue weighted by Crippen LogP contribution is -2.34. The maximum Gasteiger partial charge on any atom is 0.197 e. The average molecular weight is 821 g/mol. The normalized spacial score (nSPS) is 18.4. The standard InChI is InChI=1S/C48H28N4O4S3/c49-19-23-11-29-30(12-24(23)20-50)40(54)33(39(29)53)15-27-17-35-43(57-27)45-37(47(35)7-3-1-4-8-47)38-46(59-45)44-36(48(38)9-5-2-6-10-48)18-28(58-44)16-34-41(55)31-13-25(21-51)26(22-52)14-32(31)42(34)56/h11-18H,1-10H2. The van der Waals surface area contributed by atoms with Gasteiger partial charge < -0.3 is 0 Å². The lowest BCUT2D eigenvalue weighted by atomic mass is 9.61. The summed E-state index contributed by atoms with van der Waals surface area (Å²) in [6, 6.07) is 17.7. The third kappa shape index (κ3) is 4.64. The Balaban J connectivity index is 1.03. The van der Waals surface area contributed by atoms with E-state index in [1.165, 1.54) is 78.9 Å². The fraction of sp³-hybridized carbons (Fsp3) is 0.250. The highest BCUT2D eigenvalue weighted by molar-refractivity contribution is 7.27. The fourth-order valence-electron chi connectivity index (χ4n) is 10.9. The Bertz CT molecular complexity index is 2830. The molecule has 0 bridgehead atoms. The summed E-state index contributed by atoms with van der Waals surface area (Å²) >= 11 is 5.07. The summed E-state index contributed by atoms with van der Waals surface area (Å²) in [6.45, 7) is 0. The average Bonchev–Trinajstić information content (AvgIpc) is 4.12. The number of thiophene rings is 3. The third-order valence-corrected chi connectivity index (χ3v) is 17.2. The van der Waals surface area contributed by atoms with Crippen molar-refractivity contribution in [2.45, 2.75) is 75.0 Å². The van der Waals surface area contributed by atoms with Crippen molar-refractivity contribution in [3.63, 3.8) is 0 Å². The van der Waals surface area contributed by atoms with E-state index < -0.39 is 23.1 Å². The van der Waals surface area contributed by atoms with Crippen LogP contribution in [0.3, 0.4) is 0 Å². The first kappa shape index (κ1) is 35.8. The number of fused-ring (bicyclic) bond motifs is 13. The van der Waals surface area contributed by atoms with Crippen molar-refractivity contribution in [1.29, 1.82) is 21.0 Å². The highest BCUT2D eigenvalue weighted by Gasteiger charge is 2.56. The molecule has 11 heteroatoms. The second-order valence-corrected chi connectivity index (χ2v) is 19.5. The Hall–Kier alpha value is -6.34. The van der Waals surface area contributed by atoms with Crippen LogP contribution in [-0.4, -0.2) is 23.1 Å². The van der Waals surface area contributed by atoms with Crippen molar-refractivity contribution in [3.8, 4) is 43.8 Å². The second kappa shape index (κ2) is 12.6. The van der Waals surface area contributed by atoms with Crippen molar-refractivity contribution < 1.29 is 19.2 Å². The van der Waals surface area contributed by atoms with E-state index in [4.69, 9.17) is 0 Å². The molecule has 11 rings (SSSR count). The molecule has 6 aliphatic carbocycles. The van der Waals surface area contributed by atoms with Crippen LogP contribution < -0.4 is 0 Å². The van der Waals surface area contributed by atoms with Gasteiger partial charge in [0, 0.05) is 62.3 Å². The van der Waals surface area contributed by atoms with E-state index in [0.717, 1.165) is 61.1 Å². The molecule has 2 aromatic carbocycles. The van der Waals surface area contributed by atoms with Gasteiger partial charge in [-0.2, -0.15) is 21.0 Å². The fourth-order valence-corrected chi connectivity index (χ4v) is 15.2.